The van der Waals surface area contributed by atoms with Crippen molar-refractivity contribution < 1.29 is 9.50 Å². The lowest BCUT2D eigenvalue weighted by atomic mass is 9.95. The lowest BCUT2D eigenvalue weighted by Crippen LogP contribution is -2.43. The summed E-state index contributed by atoms with van der Waals surface area (Å²) in [6.07, 6.45) is 3.19. The summed E-state index contributed by atoms with van der Waals surface area (Å²) < 4.78 is 15.7. The predicted octanol–water partition coefficient (Wildman–Crippen LogP) is 2.43. The van der Waals surface area contributed by atoms with Crippen LogP contribution in [0.4, 0.5) is 16.0 Å². The van der Waals surface area contributed by atoms with Crippen LogP contribution in [0.2, 0.25) is 0 Å². The highest BCUT2D eigenvalue weighted by Crippen LogP contribution is 2.22. The minimum absolute atomic E-state index is 0.180. The number of aryl methyl sites for hydroxylation is 1. The quantitative estimate of drug-likeness (QED) is 0.489. The molecule has 154 valence electrons. The molecule has 0 bridgehead atoms. The second-order valence-corrected chi connectivity index (χ2v) is 7.43. The van der Waals surface area contributed by atoms with Crippen LogP contribution in [0.3, 0.4) is 0 Å². The number of piperidine rings is 1. The van der Waals surface area contributed by atoms with E-state index in [1.54, 1.807) is 16.6 Å². The highest BCUT2D eigenvalue weighted by Gasteiger charge is 2.22. The zero-order chi connectivity index (χ0) is 20.2. The molecule has 2 aromatic heterocycles. The Morgan fingerprint density at radius 2 is 2.14 bits per heavy atom. The Kier molecular flexibility index (Phi) is 5.92. The molecular weight excluding hydrogens is 371 g/mol. The molecule has 8 heteroatoms. The fourth-order valence-corrected chi connectivity index (χ4v) is 3.67. The summed E-state index contributed by atoms with van der Waals surface area (Å²) in [5, 5.41) is 24.5. The molecule has 0 spiro atoms. The molecule has 1 aliphatic rings. The maximum atomic E-state index is 14.0. The average molecular weight is 398 g/mol. The van der Waals surface area contributed by atoms with Crippen molar-refractivity contribution in [3.05, 3.63) is 53.5 Å². The number of β-amino-alcohol motifs (C(OH)–C–C–N with tert-alkyl or cyclic N) is 1. The van der Waals surface area contributed by atoms with Crippen LogP contribution in [-0.4, -0.2) is 45.4 Å². The average Bonchev–Trinajstić information content (AvgIpc) is 3.15. The van der Waals surface area contributed by atoms with E-state index in [4.69, 9.17) is 4.98 Å². The van der Waals surface area contributed by atoms with Crippen molar-refractivity contribution in [3.63, 3.8) is 0 Å². The standard InChI is InChI=1S/C21H27FN6O/c1-2-14-12-26-28-20(25-10-15-5-3-4-6-17(15)22)9-19(27-21(14)28)24-11-16-7-8-23-13-18(16)29/h3-6,9,12,16,18,23,25,29H,2,7-8,10-11,13H2,1H3,(H,24,27)/t16-,18+/m1/s1. The zero-order valence-electron chi connectivity index (χ0n) is 16.5. The summed E-state index contributed by atoms with van der Waals surface area (Å²) in [6, 6.07) is 8.61. The van der Waals surface area contributed by atoms with Crippen molar-refractivity contribution in [3.8, 4) is 0 Å². The molecular formula is C21H27FN6O. The largest absolute Gasteiger partial charge is 0.391 e. The first kappa shape index (κ1) is 19.6. The van der Waals surface area contributed by atoms with E-state index >= 15 is 0 Å². The Morgan fingerprint density at radius 1 is 1.28 bits per heavy atom. The van der Waals surface area contributed by atoms with E-state index < -0.39 is 0 Å². The Labute approximate surface area is 169 Å². The molecule has 3 heterocycles. The van der Waals surface area contributed by atoms with E-state index in [2.05, 4.69) is 28.0 Å². The molecule has 4 rings (SSSR count). The molecule has 0 radical (unpaired) electrons. The number of anilines is 2. The second kappa shape index (κ2) is 8.75. The molecule has 7 nitrogen and oxygen atoms in total. The van der Waals surface area contributed by atoms with Gasteiger partial charge in [-0.25, -0.2) is 9.37 Å². The maximum absolute atomic E-state index is 14.0. The van der Waals surface area contributed by atoms with Gasteiger partial charge < -0.3 is 21.1 Å². The molecule has 0 saturated carbocycles. The van der Waals surface area contributed by atoms with Crippen molar-refractivity contribution in [2.75, 3.05) is 30.3 Å². The Balaban J connectivity index is 1.57. The minimum Gasteiger partial charge on any atom is -0.391 e. The number of nitrogens with zero attached hydrogens (tertiary/aromatic N) is 3. The summed E-state index contributed by atoms with van der Waals surface area (Å²) in [6.45, 7) is 4.59. The monoisotopic (exact) mass is 398 g/mol. The highest BCUT2D eigenvalue weighted by molar-refractivity contribution is 5.60. The molecule has 0 amide bonds. The number of nitrogens with one attached hydrogen (secondary N) is 3. The van der Waals surface area contributed by atoms with Gasteiger partial charge in [-0.1, -0.05) is 25.1 Å². The van der Waals surface area contributed by atoms with E-state index in [1.165, 1.54) is 6.07 Å². The van der Waals surface area contributed by atoms with Crippen LogP contribution < -0.4 is 16.0 Å². The number of benzene rings is 1. The van der Waals surface area contributed by atoms with Gasteiger partial charge in [-0.2, -0.15) is 9.61 Å². The summed E-state index contributed by atoms with van der Waals surface area (Å²) >= 11 is 0. The number of aliphatic hydroxyl groups is 1. The van der Waals surface area contributed by atoms with Crippen LogP contribution in [0.1, 0.15) is 24.5 Å². The SMILES string of the molecule is CCc1cnn2c(NCc3ccccc3F)cc(NC[C@H]3CCNC[C@@H]3O)nc12. The molecule has 1 aliphatic heterocycles. The summed E-state index contributed by atoms with van der Waals surface area (Å²) in [5.74, 6) is 1.40. The number of aromatic nitrogens is 3. The predicted molar refractivity (Wildman–Crippen MR) is 112 cm³/mol. The number of fused-ring (bicyclic) bond motifs is 1. The van der Waals surface area contributed by atoms with Crippen molar-refractivity contribution >= 4 is 17.3 Å². The molecule has 3 aromatic rings. The minimum atomic E-state index is -0.361. The summed E-state index contributed by atoms with van der Waals surface area (Å²) in [5.41, 5.74) is 2.41. The van der Waals surface area contributed by atoms with Crippen LogP contribution >= 0.6 is 0 Å². The highest BCUT2D eigenvalue weighted by atomic mass is 19.1. The van der Waals surface area contributed by atoms with Gasteiger partial charge >= 0.3 is 0 Å². The number of halogens is 1. The van der Waals surface area contributed by atoms with Crippen LogP contribution in [0.5, 0.6) is 0 Å². The van der Waals surface area contributed by atoms with Crippen molar-refractivity contribution in [2.24, 2.45) is 5.92 Å². The normalized spacial score (nSPS) is 19.4. The van der Waals surface area contributed by atoms with Gasteiger partial charge in [-0.3, -0.25) is 0 Å². The van der Waals surface area contributed by atoms with Gasteiger partial charge in [-0.15, -0.1) is 0 Å². The third-order valence-corrected chi connectivity index (χ3v) is 5.48. The van der Waals surface area contributed by atoms with Gasteiger partial charge in [0.15, 0.2) is 5.65 Å². The zero-order valence-corrected chi connectivity index (χ0v) is 16.5. The first-order valence-electron chi connectivity index (χ1n) is 10.1. The van der Waals surface area contributed by atoms with Gasteiger partial charge in [0.2, 0.25) is 0 Å². The van der Waals surface area contributed by atoms with E-state index in [0.717, 1.165) is 42.2 Å². The van der Waals surface area contributed by atoms with E-state index in [1.807, 2.05) is 18.3 Å². The Hall–Kier alpha value is -2.71. The van der Waals surface area contributed by atoms with Crippen LogP contribution in [0, 0.1) is 11.7 Å². The van der Waals surface area contributed by atoms with Crippen molar-refractivity contribution in [1.82, 2.24) is 19.9 Å². The maximum Gasteiger partial charge on any atom is 0.162 e. The molecule has 1 saturated heterocycles. The summed E-state index contributed by atoms with van der Waals surface area (Å²) in [4.78, 5) is 4.73. The topological polar surface area (TPSA) is 86.5 Å². The van der Waals surface area contributed by atoms with Crippen LogP contribution in [0.15, 0.2) is 36.5 Å². The van der Waals surface area contributed by atoms with E-state index in [9.17, 15) is 9.50 Å². The fraction of sp³-hybridized carbons (Fsp3) is 0.429. The van der Waals surface area contributed by atoms with E-state index in [0.29, 0.717) is 25.2 Å². The lowest BCUT2D eigenvalue weighted by Gasteiger charge is -2.28. The number of rotatable bonds is 7. The fourth-order valence-electron chi connectivity index (χ4n) is 3.67. The van der Waals surface area contributed by atoms with Gasteiger partial charge in [0.25, 0.3) is 0 Å². The molecule has 4 N–H and O–H groups in total. The molecule has 1 aromatic carbocycles. The third-order valence-electron chi connectivity index (χ3n) is 5.48. The number of hydrogen-bond donors (Lipinski definition) is 4. The molecule has 2 atom stereocenters. The van der Waals surface area contributed by atoms with Gasteiger partial charge in [0.1, 0.15) is 17.5 Å². The van der Waals surface area contributed by atoms with Crippen molar-refractivity contribution in [2.45, 2.75) is 32.4 Å². The van der Waals surface area contributed by atoms with Gasteiger partial charge in [0.05, 0.1) is 12.3 Å². The molecule has 1 fully saturated rings. The van der Waals surface area contributed by atoms with Crippen molar-refractivity contribution in [1.29, 1.82) is 0 Å². The van der Waals surface area contributed by atoms with E-state index in [-0.39, 0.29) is 17.8 Å². The smallest absolute Gasteiger partial charge is 0.162 e. The van der Waals surface area contributed by atoms with Gasteiger partial charge in [-0.05, 0) is 25.5 Å². The van der Waals surface area contributed by atoms with Gasteiger partial charge in [0, 0.05) is 42.7 Å². The lowest BCUT2D eigenvalue weighted by molar-refractivity contribution is 0.0883. The second-order valence-electron chi connectivity index (χ2n) is 7.43. The molecule has 29 heavy (non-hydrogen) atoms. The van der Waals surface area contributed by atoms with Crippen LogP contribution in [-0.2, 0) is 13.0 Å². The first-order chi connectivity index (χ1) is 14.2. The first-order valence-corrected chi connectivity index (χ1v) is 10.1. The molecule has 0 unspecified atom stereocenters. The number of aliphatic hydroxyl groups excluding tert-OH is 1. The summed E-state index contributed by atoms with van der Waals surface area (Å²) in [7, 11) is 0. The van der Waals surface area contributed by atoms with Crippen LogP contribution in [0.25, 0.3) is 5.65 Å². The number of hydrogen-bond acceptors (Lipinski definition) is 6. The Morgan fingerprint density at radius 3 is 2.93 bits per heavy atom. The Bertz CT molecular complexity index is 975. The molecule has 0 aliphatic carbocycles. The third kappa shape index (κ3) is 4.33.